The number of hydrogen-bond acceptors (Lipinski definition) is 3. The zero-order valence-corrected chi connectivity index (χ0v) is 14.0. The summed E-state index contributed by atoms with van der Waals surface area (Å²) in [5.41, 5.74) is 2.44. The Labute approximate surface area is 128 Å². The second-order valence-electron chi connectivity index (χ2n) is 5.13. The van der Waals surface area contributed by atoms with Crippen molar-refractivity contribution in [2.24, 2.45) is 7.05 Å². The Morgan fingerprint density at radius 1 is 1.35 bits per heavy atom. The van der Waals surface area contributed by atoms with E-state index < -0.39 is 0 Å². The van der Waals surface area contributed by atoms with Gasteiger partial charge in [-0.05, 0) is 18.6 Å². The Kier molecular flexibility index (Phi) is 4.83. The molecule has 0 fully saturated rings. The van der Waals surface area contributed by atoms with Gasteiger partial charge in [-0.1, -0.05) is 34.1 Å². The summed E-state index contributed by atoms with van der Waals surface area (Å²) in [5, 5.41) is 3.54. The Bertz CT molecular complexity index is 577. The van der Waals surface area contributed by atoms with E-state index in [2.05, 4.69) is 55.9 Å². The van der Waals surface area contributed by atoms with Gasteiger partial charge in [-0.15, -0.1) is 0 Å². The molecule has 0 unspecified atom stereocenters. The minimum Gasteiger partial charge on any atom is -0.348 e. The first-order valence-corrected chi connectivity index (χ1v) is 7.45. The Balaban J connectivity index is 2.04. The minimum atomic E-state index is 0.281. The highest BCUT2D eigenvalue weighted by molar-refractivity contribution is 9.10. The first-order valence-electron chi connectivity index (χ1n) is 6.66. The topological polar surface area (TPSA) is 33.1 Å². The molecule has 1 atom stereocenters. The molecule has 0 saturated heterocycles. The molecular formula is C15H21BrN4. The fourth-order valence-electron chi connectivity index (χ4n) is 2.21. The average molecular weight is 337 g/mol. The van der Waals surface area contributed by atoms with Gasteiger partial charge in [0.05, 0.1) is 11.9 Å². The van der Waals surface area contributed by atoms with E-state index in [-0.39, 0.29) is 6.04 Å². The molecule has 0 amide bonds. The van der Waals surface area contributed by atoms with E-state index in [9.17, 15) is 0 Å². The number of imidazole rings is 1. The molecule has 2 aromatic rings. The summed E-state index contributed by atoms with van der Waals surface area (Å²) in [6, 6.07) is 8.58. The molecule has 5 heteroatoms. The van der Waals surface area contributed by atoms with Crippen LogP contribution in [-0.4, -0.2) is 23.6 Å². The predicted molar refractivity (Wildman–Crippen MR) is 86.9 cm³/mol. The van der Waals surface area contributed by atoms with Crippen molar-refractivity contribution >= 4 is 21.9 Å². The number of nitrogens with one attached hydrogen (secondary N) is 1. The van der Waals surface area contributed by atoms with Gasteiger partial charge in [0.25, 0.3) is 0 Å². The van der Waals surface area contributed by atoms with Crippen molar-refractivity contribution in [3.8, 4) is 0 Å². The van der Waals surface area contributed by atoms with E-state index in [1.54, 1.807) is 0 Å². The lowest BCUT2D eigenvalue weighted by atomic mass is 10.1. The summed E-state index contributed by atoms with van der Waals surface area (Å²) < 4.78 is 3.25. The molecule has 1 heterocycles. The van der Waals surface area contributed by atoms with E-state index in [0.29, 0.717) is 0 Å². The first kappa shape index (κ1) is 15.1. The zero-order valence-electron chi connectivity index (χ0n) is 12.4. The predicted octanol–water partition coefficient (Wildman–Crippen LogP) is 3.10. The fraction of sp³-hybridized carbons (Fsp3) is 0.400. The fourth-order valence-corrected chi connectivity index (χ4v) is 2.84. The quantitative estimate of drug-likeness (QED) is 0.910. The zero-order chi connectivity index (χ0) is 14.7. The number of halogens is 1. The standard InChI is InChI=1S/C15H21BrN4/c1-11(13-7-5-6-8-14(13)16)17-9-12-10-18-15(19(2)3)20(12)4/h5-8,10-11,17H,9H2,1-4H3/t11-/m0/s1. The van der Waals surface area contributed by atoms with Crippen LogP contribution in [0, 0.1) is 0 Å². The van der Waals surface area contributed by atoms with Crippen LogP contribution in [0.4, 0.5) is 5.95 Å². The highest BCUT2D eigenvalue weighted by Crippen LogP contribution is 2.23. The largest absolute Gasteiger partial charge is 0.348 e. The van der Waals surface area contributed by atoms with E-state index >= 15 is 0 Å². The second kappa shape index (κ2) is 6.41. The van der Waals surface area contributed by atoms with Crippen LogP contribution >= 0.6 is 15.9 Å². The van der Waals surface area contributed by atoms with Crippen molar-refractivity contribution in [3.05, 3.63) is 46.2 Å². The molecule has 2 rings (SSSR count). The highest BCUT2D eigenvalue weighted by atomic mass is 79.9. The summed E-state index contributed by atoms with van der Waals surface area (Å²) in [6.07, 6.45) is 1.93. The number of nitrogens with zero attached hydrogens (tertiary/aromatic N) is 3. The van der Waals surface area contributed by atoms with Crippen molar-refractivity contribution in [1.82, 2.24) is 14.9 Å². The lowest BCUT2D eigenvalue weighted by molar-refractivity contribution is 0.556. The van der Waals surface area contributed by atoms with E-state index in [1.165, 1.54) is 11.3 Å². The number of aromatic nitrogens is 2. The van der Waals surface area contributed by atoms with E-state index in [1.807, 2.05) is 38.3 Å². The molecule has 1 aromatic heterocycles. The van der Waals surface area contributed by atoms with Crippen LogP contribution in [0.5, 0.6) is 0 Å². The van der Waals surface area contributed by atoms with Gasteiger partial charge >= 0.3 is 0 Å². The van der Waals surface area contributed by atoms with Crippen LogP contribution in [0.3, 0.4) is 0 Å². The smallest absolute Gasteiger partial charge is 0.204 e. The van der Waals surface area contributed by atoms with Crippen molar-refractivity contribution < 1.29 is 0 Å². The SMILES string of the molecule is C[C@H](NCc1cnc(N(C)C)n1C)c1ccccc1Br. The van der Waals surface area contributed by atoms with Crippen LogP contribution in [0.1, 0.15) is 24.2 Å². The third-order valence-electron chi connectivity index (χ3n) is 3.42. The molecule has 1 aromatic carbocycles. The average Bonchev–Trinajstić information content (AvgIpc) is 2.78. The summed E-state index contributed by atoms with van der Waals surface area (Å²) in [4.78, 5) is 6.44. The molecule has 0 aliphatic heterocycles. The van der Waals surface area contributed by atoms with Gasteiger partial charge in [-0.2, -0.15) is 0 Å². The maximum absolute atomic E-state index is 4.42. The van der Waals surface area contributed by atoms with Gasteiger partial charge in [0.1, 0.15) is 0 Å². The Morgan fingerprint density at radius 2 is 2.05 bits per heavy atom. The monoisotopic (exact) mass is 336 g/mol. The van der Waals surface area contributed by atoms with Gasteiger partial charge in [-0.3, -0.25) is 0 Å². The molecule has 1 N–H and O–H groups in total. The van der Waals surface area contributed by atoms with Crippen molar-refractivity contribution in [3.63, 3.8) is 0 Å². The maximum atomic E-state index is 4.42. The second-order valence-corrected chi connectivity index (χ2v) is 5.98. The van der Waals surface area contributed by atoms with Gasteiger partial charge in [0.15, 0.2) is 0 Å². The molecule has 0 aliphatic carbocycles. The number of anilines is 1. The lowest BCUT2D eigenvalue weighted by Gasteiger charge is -2.17. The van der Waals surface area contributed by atoms with Gasteiger partial charge < -0.3 is 14.8 Å². The van der Waals surface area contributed by atoms with Gasteiger partial charge in [0, 0.05) is 38.2 Å². The molecule has 0 saturated carbocycles. The van der Waals surface area contributed by atoms with Crippen LogP contribution in [-0.2, 0) is 13.6 Å². The summed E-state index contributed by atoms with van der Waals surface area (Å²) >= 11 is 3.60. The van der Waals surface area contributed by atoms with Crippen LogP contribution in [0.2, 0.25) is 0 Å². The normalized spacial score (nSPS) is 12.4. The molecular weight excluding hydrogens is 316 g/mol. The third kappa shape index (κ3) is 3.22. The van der Waals surface area contributed by atoms with Crippen LogP contribution in [0.15, 0.2) is 34.9 Å². The lowest BCUT2D eigenvalue weighted by Crippen LogP contribution is -2.21. The minimum absolute atomic E-state index is 0.281. The van der Waals surface area contributed by atoms with Crippen molar-refractivity contribution in [1.29, 1.82) is 0 Å². The Hall–Kier alpha value is -1.33. The summed E-state index contributed by atoms with van der Waals surface area (Å²) in [5.74, 6) is 0.968. The number of benzene rings is 1. The van der Waals surface area contributed by atoms with Gasteiger partial charge in [0.2, 0.25) is 5.95 Å². The molecule has 0 radical (unpaired) electrons. The third-order valence-corrected chi connectivity index (χ3v) is 4.14. The Morgan fingerprint density at radius 3 is 2.65 bits per heavy atom. The van der Waals surface area contributed by atoms with Crippen molar-refractivity contribution in [2.75, 3.05) is 19.0 Å². The van der Waals surface area contributed by atoms with Gasteiger partial charge in [-0.25, -0.2) is 4.98 Å². The molecule has 108 valence electrons. The molecule has 0 spiro atoms. The first-order chi connectivity index (χ1) is 9.50. The number of hydrogen-bond donors (Lipinski definition) is 1. The van der Waals surface area contributed by atoms with E-state index in [0.717, 1.165) is 17.0 Å². The molecule has 4 nitrogen and oxygen atoms in total. The molecule has 20 heavy (non-hydrogen) atoms. The summed E-state index contributed by atoms with van der Waals surface area (Å²) in [6.45, 7) is 2.96. The van der Waals surface area contributed by atoms with Crippen molar-refractivity contribution in [2.45, 2.75) is 19.5 Å². The maximum Gasteiger partial charge on any atom is 0.204 e. The highest BCUT2D eigenvalue weighted by Gasteiger charge is 2.11. The summed E-state index contributed by atoms with van der Waals surface area (Å²) in [7, 11) is 6.05. The number of rotatable bonds is 5. The van der Waals surface area contributed by atoms with Crippen LogP contribution < -0.4 is 10.2 Å². The molecule has 0 aliphatic rings. The van der Waals surface area contributed by atoms with E-state index in [4.69, 9.17) is 0 Å². The molecule has 0 bridgehead atoms. The van der Waals surface area contributed by atoms with Crippen LogP contribution in [0.25, 0.3) is 0 Å².